The van der Waals surface area contributed by atoms with Gasteiger partial charge in [0.2, 0.25) is 0 Å². The second-order valence-corrected chi connectivity index (χ2v) is 5.04. The van der Waals surface area contributed by atoms with Gasteiger partial charge in [0.05, 0.1) is 24.0 Å². The van der Waals surface area contributed by atoms with Gasteiger partial charge in [0.25, 0.3) is 0 Å². The molecule has 0 spiro atoms. The Balaban J connectivity index is 0.000000200. The molecule has 1 aromatic rings. The molecule has 6 nitrogen and oxygen atoms in total. The Bertz CT molecular complexity index is 408. The zero-order chi connectivity index (χ0) is 15.1. The fourth-order valence-corrected chi connectivity index (χ4v) is 0.978. The van der Waals surface area contributed by atoms with Gasteiger partial charge in [-0.05, 0) is 11.1 Å². The molecule has 0 aliphatic heterocycles. The standard InChI is InChI=1S/C8H6O4.2C3H7N/c9-7(10)5-1-2-6(4-3-5)8(11)12;2*4-3-1-2-3/h1-4H,(H,9,10)(H,11,12);2*3H,1-2,4H2. The number of carbonyl (C=O) groups is 2. The molecule has 0 heterocycles. The Morgan fingerprint density at radius 2 is 1.00 bits per heavy atom. The van der Waals surface area contributed by atoms with E-state index in [0.717, 1.165) is 36.3 Å². The van der Waals surface area contributed by atoms with E-state index in [1.807, 2.05) is 0 Å². The van der Waals surface area contributed by atoms with E-state index in [1.54, 1.807) is 0 Å². The van der Waals surface area contributed by atoms with Crippen molar-refractivity contribution in [3.63, 3.8) is 0 Å². The van der Waals surface area contributed by atoms with Crippen LogP contribution in [0.25, 0.3) is 0 Å². The van der Waals surface area contributed by atoms with Crippen LogP contribution in [0.4, 0.5) is 0 Å². The van der Waals surface area contributed by atoms with Crippen LogP contribution in [-0.4, -0.2) is 24.0 Å². The highest BCUT2D eigenvalue weighted by Crippen LogP contribution is 2.11. The Kier molecular flexibility index (Phi) is 6.14. The highest BCUT2D eigenvalue weighted by molar-refractivity contribution is 5.89. The molecule has 2 aliphatic rings. The Labute approximate surface area is 117 Å². The number of aromatic carboxylic acids is 2. The number of hydrogen-bond donors (Lipinski definition) is 2. The van der Waals surface area contributed by atoms with Crippen molar-refractivity contribution in [2.45, 2.75) is 37.8 Å². The van der Waals surface area contributed by atoms with E-state index >= 15 is 0 Å². The summed E-state index contributed by atoms with van der Waals surface area (Å²) in [6, 6.07) is 6.28. The van der Waals surface area contributed by atoms with Crippen molar-refractivity contribution in [1.29, 1.82) is 0 Å². The van der Waals surface area contributed by atoms with Crippen molar-refractivity contribution in [2.75, 3.05) is 0 Å². The summed E-state index contributed by atoms with van der Waals surface area (Å²) in [4.78, 5) is 20.4. The minimum Gasteiger partial charge on any atom is -0.545 e. The van der Waals surface area contributed by atoms with Crippen molar-refractivity contribution in [2.24, 2.45) is 0 Å². The third kappa shape index (κ3) is 7.50. The lowest BCUT2D eigenvalue weighted by Crippen LogP contribution is -2.52. The van der Waals surface area contributed by atoms with E-state index in [2.05, 4.69) is 11.5 Å². The second-order valence-electron chi connectivity index (χ2n) is 5.04. The van der Waals surface area contributed by atoms with Crippen LogP contribution in [0.2, 0.25) is 0 Å². The lowest BCUT2D eigenvalue weighted by Gasteiger charge is -2.04. The number of quaternary nitrogens is 2. The Morgan fingerprint density at radius 1 is 0.800 bits per heavy atom. The third-order valence-electron chi connectivity index (χ3n) is 2.75. The fourth-order valence-electron chi connectivity index (χ4n) is 0.978. The summed E-state index contributed by atoms with van der Waals surface area (Å²) in [6.45, 7) is 0. The van der Waals surface area contributed by atoms with Crippen LogP contribution in [0.5, 0.6) is 0 Å². The SMILES string of the molecule is O=C([O-])c1ccc(C(=O)[O-])cc1.[NH3+]C1CC1.[NH3+]C1CC1. The van der Waals surface area contributed by atoms with Gasteiger partial charge in [-0.2, -0.15) is 0 Å². The summed E-state index contributed by atoms with van der Waals surface area (Å²) < 4.78 is 0. The van der Waals surface area contributed by atoms with Gasteiger partial charge in [-0.15, -0.1) is 0 Å². The van der Waals surface area contributed by atoms with Crippen molar-refractivity contribution in [1.82, 2.24) is 0 Å². The molecule has 0 radical (unpaired) electrons. The smallest absolute Gasteiger partial charge is 0.0848 e. The molecule has 2 saturated carbocycles. The normalized spacial score (nSPS) is 16.1. The Hall–Kier alpha value is -1.92. The van der Waals surface area contributed by atoms with E-state index in [9.17, 15) is 19.8 Å². The van der Waals surface area contributed by atoms with Gasteiger partial charge in [0.15, 0.2) is 0 Å². The molecule has 0 amide bonds. The number of hydrogen-bond acceptors (Lipinski definition) is 4. The summed E-state index contributed by atoms with van der Waals surface area (Å²) in [7, 11) is 0. The summed E-state index contributed by atoms with van der Waals surface area (Å²) in [5.41, 5.74) is 7.39. The number of carboxylic acid groups (broad SMARTS) is 2. The maximum absolute atomic E-state index is 10.2. The van der Waals surface area contributed by atoms with Crippen LogP contribution in [0.15, 0.2) is 24.3 Å². The topological polar surface area (TPSA) is 136 Å². The van der Waals surface area contributed by atoms with Crippen molar-refractivity contribution < 1.29 is 31.3 Å². The molecule has 6 heteroatoms. The van der Waals surface area contributed by atoms with Gasteiger partial charge in [0, 0.05) is 25.7 Å². The minimum absolute atomic E-state index is 0.0556. The van der Waals surface area contributed by atoms with Crippen molar-refractivity contribution in [3.8, 4) is 0 Å². The van der Waals surface area contributed by atoms with Gasteiger partial charge < -0.3 is 31.3 Å². The molecule has 0 saturated heterocycles. The summed E-state index contributed by atoms with van der Waals surface area (Å²) in [5, 5.41) is 20.4. The van der Waals surface area contributed by atoms with Crippen molar-refractivity contribution in [3.05, 3.63) is 35.4 Å². The number of benzene rings is 1. The first-order valence-corrected chi connectivity index (χ1v) is 6.59. The summed E-state index contributed by atoms with van der Waals surface area (Å²) in [5.74, 6) is -2.67. The van der Waals surface area contributed by atoms with Crippen LogP contribution < -0.4 is 21.7 Å². The molecule has 0 atom stereocenters. The van der Waals surface area contributed by atoms with E-state index in [0.29, 0.717) is 0 Å². The fraction of sp³-hybridized carbons (Fsp3) is 0.429. The first-order valence-electron chi connectivity index (χ1n) is 6.59. The molecule has 6 N–H and O–H groups in total. The monoisotopic (exact) mass is 280 g/mol. The van der Waals surface area contributed by atoms with E-state index in [-0.39, 0.29) is 11.1 Å². The maximum atomic E-state index is 10.2. The molecule has 0 aromatic heterocycles. The number of rotatable bonds is 2. The van der Waals surface area contributed by atoms with Gasteiger partial charge in [-0.25, -0.2) is 0 Å². The highest BCUT2D eigenvalue weighted by atomic mass is 16.4. The van der Waals surface area contributed by atoms with Crippen LogP contribution in [0.3, 0.4) is 0 Å². The van der Waals surface area contributed by atoms with Crippen molar-refractivity contribution >= 4 is 11.9 Å². The van der Waals surface area contributed by atoms with Gasteiger partial charge in [0.1, 0.15) is 0 Å². The lowest BCUT2D eigenvalue weighted by molar-refractivity contribution is -0.385. The molecule has 0 unspecified atom stereocenters. The predicted molar refractivity (Wildman–Crippen MR) is 66.9 cm³/mol. The zero-order valence-corrected chi connectivity index (χ0v) is 11.3. The Morgan fingerprint density at radius 3 is 1.10 bits per heavy atom. The summed E-state index contributed by atoms with van der Waals surface area (Å²) in [6.07, 6.45) is 5.50. The average Bonchev–Trinajstić information content (AvgIpc) is 3.32. The van der Waals surface area contributed by atoms with Gasteiger partial charge >= 0.3 is 0 Å². The van der Waals surface area contributed by atoms with E-state index < -0.39 is 11.9 Å². The number of carbonyl (C=O) groups excluding carboxylic acids is 2. The molecule has 1 aromatic carbocycles. The largest absolute Gasteiger partial charge is 0.545 e. The molecule has 0 bridgehead atoms. The van der Waals surface area contributed by atoms with E-state index in [4.69, 9.17) is 0 Å². The van der Waals surface area contributed by atoms with Crippen LogP contribution in [0.1, 0.15) is 46.4 Å². The van der Waals surface area contributed by atoms with Crippen LogP contribution >= 0.6 is 0 Å². The second kappa shape index (κ2) is 7.62. The zero-order valence-electron chi connectivity index (χ0n) is 11.3. The first kappa shape index (κ1) is 16.1. The molecule has 3 rings (SSSR count). The maximum Gasteiger partial charge on any atom is 0.0848 e. The number of carboxylic acids is 2. The van der Waals surface area contributed by atoms with E-state index in [1.165, 1.54) is 25.7 Å². The van der Waals surface area contributed by atoms with Crippen LogP contribution in [-0.2, 0) is 0 Å². The molecular formula is C14H20N2O4. The molecule has 2 aliphatic carbocycles. The molecular weight excluding hydrogens is 260 g/mol. The van der Waals surface area contributed by atoms with Crippen LogP contribution in [0, 0.1) is 0 Å². The molecule has 2 fully saturated rings. The van der Waals surface area contributed by atoms with Gasteiger partial charge in [-0.3, -0.25) is 0 Å². The lowest BCUT2D eigenvalue weighted by atomic mass is 10.1. The third-order valence-corrected chi connectivity index (χ3v) is 2.75. The van der Waals surface area contributed by atoms with Gasteiger partial charge in [-0.1, -0.05) is 24.3 Å². The minimum atomic E-state index is -1.33. The molecule has 110 valence electrons. The summed E-state index contributed by atoms with van der Waals surface area (Å²) >= 11 is 0. The highest BCUT2D eigenvalue weighted by Gasteiger charge is 2.18. The molecule has 20 heavy (non-hydrogen) atoms. The first-order chi connectivity index (χ1) is 9.40. The predicted octanol–water partition coefficient (Wildman–Crippen LogP) is -2.80. The average molecular weight is 280 g/mol. The quantitative estimate of drug-likeness (QED) is 0.604.